The summed E-state index contributed by atoms with van der Waals surface area (Å²) in [5.41, 5.74) is 3.81. The van der Waals surface area contributed by atoms with Gasteiger partial charge in [-0.05, 0) is 37.1 Å². The summed E-state index contributed by atoms with van der Waals surface area (Å²) in [6.45, 7) is 5.31. The fraction of sp³-hybridized carbons (Fsp3) is 0.333. The maximum atomic E-state index is 5.66. The number of anilines is 1. The monoisotopic (exact) mass is 305 g/mol. The van der Waals surface area contributed by atoms with Gasteiger partial charge in [0.1, 0.15) is 0 Å². The molecule has 0 saturated heterocycles. The average molecular weight is 305 g/mol. The van der Waals surface area contributed by atoms with E-state index in [0.717, 1.165) is 28.6 Å². The summed E-state index contributed by atoms with van der Waals surface area (Å²) in [5.74, 6) is 1.51. The number of aromatic nitrogens is 1. The van der Waals surface area contributed by atoms with Crippen molar-refractivity contribution >= 4 is 22.7 Å². The highest BCUT2D eigenvalue weighted by Crippen LogP contribution is 2.28. The molecule has 0 aliphatic rings. The molecule has 0 aliphatic heterocycles. The number of benzene rings is 1. The van der Waals surface area contributed by atoms with Crippen LogP contribution in [0.3, 0.4) is 0 Å². The van der Waals surface area contributed by atoms with Gasteiger partial charge in [0.15, 0.2) is 11.5 Å². The van der Waals surface area contributed by atoms with Gasteiger partial charge in [0.25, 0.3) is 0 Å². The zero-order valence-electron chi connectivity index (χ0n) is 12.2. The standard InChI is InChI=1S/C15H19N3O2S/c1-3-8-20-13-6-5-12(10-14(13)19-4-2)11-17-18-15-16-7-9-21-15/h5-7,9-11H,3-4,8H2,1-2H3,(H,16,18)/b17-11+. The maximum absolute atomic E-state index is 5.66. The number of ether oxygens (including phenoxy) is 2. The number of hydrogen-bond donors (Lipinski definition) is 1. The molecule has 5 nitrogen and oxygen atoms in total. The summed E-state index contributed by atoms with van der Waals surface area (Å²) >= 11 is 1.50. The minimum absolute atomic E-state index is 0.598. The van der Waals surface area contributed by atoms with Crippen LogP contribution in [-0.2, 0) is 0 Å². The smallest absolute Gasteiger partial charge is 0.203 e. The molecule has 0 radical (unpaired) electrons. The molecule has 2 rings (SSSR count). The summed E-state index contributed by atoms with van der Waals surface area (Å²) in [4.78, 5) is 4.09. The van der Waals surface area contributed by atoms with Crippen LogP contribution < -0.4 is 14.9 Å². The molecule has 1 aromatic heterocycles. The molecule has 21 heavy (non-hydrogen) atoms. The minimum atomic E-state index is 0.598. The Labute approximate surface area is 128 Å². The highest BCUT2D eigenvalue weighted by atomic mass is 32.1. The van der Waals surface area contributed by atoms with Crippen LogP contribution in [-0.4, -0.2) is 24.4 Å². The Kier molecular flexibility index (Phi) is 6.02. The van der Waals surface area contributed by atoms with Gasteiger partial charge in [0, 0.05) is 11.6 Å². The molecular formula is C15H19N3O2S. The number of nitrogens with one attached hydrogen (secondary N) is 1. The third-order valence-electron chi connectivity index (χ3n) is 2.54. The maximum Gasteiger partial charge on any atom is 0.203 e. The molecule has 1 heterocycles. The minimum Gasteiger partial charge on any atom is -0.490 e. The van der Waals surface area contributed by atoms with E-state index in [1.165, 1.54) is 11.3 Å². The van der Waals surface area contributed by atoms with Gasteiger partial charge in [-0.3, -0.25) is 5.43 Å². The lowest BCUT2D eigenvalue weighted by Gasteiger charge is -2.11. The topological polar surface area (TPSA) is 55.7 Å². The second-order valence-corrected chi connectivity index (χ2v) is 5.09. The Morgan fingerprint density at radius 1 is 1.29 bits per heavy atom. The van der Waals surface area contributed by atoms with E-state index in [9.17, 15) is 0 Å². The first-order valence-electron chi connectivity index (χ1n) is 6.91. The lowest BCUT2D eigenvalue weighted by Crippen LogP contribution is -2.00. The molecule has 1 aromatic carbocycles. The predicted octanol–water partition coefficient (Wildman–Crippen LogP) is 3.78. The number of rotatable bonds is 8. The van der Waals surface area contributed by atoms with E-state index in [0.29, 0.717) is 13.2 Å². The average Bonchev–Trinajstić information content (AvgIpc) is 3.00. The molecule has 0 bridgehead atoms. The van der Waals surface area contributed by atoms with Crippen LogP contribution >= 0.6 is 11.3 Å². The van der Waals surface area contributed by atoms with E-state index in [1.54, 1.807) is 12.4 Å². The first-order chi connectivity index (χ1) is 10.3. The third kappa shape index (κ3) is 4.75. The highest BCUT2D eigenvalue weighted by molar-refractivity contribution is 7.13. The Morgan fingerprint density at radius 2 is 2.19 bits per heavy atom. The number of hydrazone groups is 1. The van der Waals surface area contributed by atoms with Crippen molar-refractivity contribution in [2.75, 3.05) is 18.6 Å². The normalized spacial score (nSPS) is 10.8. The Morgan fingerprint density at radius 3 is 2.90 bits per heavy atom. The molecular weight excluding hydrogens is 286 g/mol. The van der Waals surface area contributed by atoms with Crippen molar-refractivity contribution in [3.8, 4) is 11.5 Å². The van der Waals surface area contributed by atoms with Crippen molar-refractivity contribution in [1.82, 2.24) is 4.98 Å². The van der Waals surface area contributed by atoms with Gasteiger partial charge in [0.2, 0.25) is 5.13 Å². The highest BCUT2D eigenvalue weighted by Gasteiger charge is 2.05. The van der Waals surface area contributed by atoms with Crippen molar-refractivity contribution in [2.45, 2.75) is 20.3 Å². The molecule has 0 unspecified atom stereocenters. The van der Waals surface area contributed by atoms with Crippen LogP contribution in [0.25, 0.3) is 0 Å². The van der Waals surface area contributed by atoms with E-state index in [-0.39, 0.29) is 0 Å². The second-order valence-electron chi connectivity index (χ2n) is 4.19. The van der Waals surface area contributed by atoms with Gasteiger partial charge in [-0.15, -0.1) is 11.3 Å². The van der Waals surface area contributed by atoms with Crippen LogP contribution in [0.15, 0.2) is 34.9 Å². The zero-order chi connectivity index (χ0) is 14.9. The summed E-state index contributed by atoms with van der Waals surface area (Å²) in [7, 11) is 0. The predicted molar refractivity (Wildman–Crippen MR) is 86.7 cm³/mol. The molecule has 112 valence electrons. The zero-order valence-corrected chi connectivity index (χ0v) is 13.0. The SMILES string of the molecule is CCCOc1ccc(/C=N/Nc2nccs2)cc1OCC. The van der Waals surface area contributed by atoms with Crippen LogP contribution in [0.2, 0.25) is 0 Å². The van der Waals surface area contributed by atoms with Crippen LogP contribution in [0.5, 0.6) is 11.5 Å². The van der Waals surface area contributed by atoms with Crippen molar-refractivity contribution in [3.05, 3.63) is 35.3 Å². The fourth-order valence-corrected chi connectivity index (χ4v) is 2.12. The van der Waals surface area contributed by atoms with Gasteiger partial charge >= 0.3 is 0 Å². The van der Waals surface area contributed by atoms with Crippen molar-refractivity contribution in [2.24, 2.45) is 5.10 Å². The van der Waals surface area contributed by atoms with E-state index in [2.05, 4.69) is 22.4 Å². The lowest BCUT2D eigenvalue weighted by atomic mass is 10.2. The summed E-state index contributed by atoms with van der Waals surface area (Å²) in [5, 5.41) is 6.81. The van der Waals surface area contributed by atoms with E-state index >= 15 is 0 Å². The fourth-order valence-electron chi connectivity index (χ4n) is 1.65. The molecule has 0 aliphatic carbocycles. The van der Waals surface area contributed by atoms with Crippen LogP contribution in [0.1, 0.15) is 25.8 Å². The Balaban J connectivity index is 2.05. The van der Waals surface area contributed by atoms with Gasteiger partial charge in [-0.2, -0.15) is 5.10 Å². The second kappa shape index (κ2) is 8.26. The first kappa shape index (κ1) is 15.3. The van der Waals surface area contributed by atoms with Crippen molar-refractivity contribution in [3.63, 3.8) is 0 Å². The van der Waals surface area contributed by atoms with E-state index in [4.69, 9.17) is 9.47 Å². The van der Waals surface area contributed by atoms with Gasteiger partial charge in [0.05, 0.1) is 19.4 Å². The summed E-state index contributed by atoms with van der Waals surface area (Å²) in [6, 6.07) is 5.77. The molecule has 2 aromatic rings. The quantitative estimate of drug-likeness (QED) is 0.595. The Bertz CT molecular complexity index is 570. The molecule has 0 amide bonds. The molecule has 0 atom stereocenters. The molecule has 1 N–H and O–H groups in total. The van der Waals surface area contributed by atoms with Crippen LogP contribution in [0.4, 0.5) is 5.13 Å². The van der Waals surface area contributed by atoms with Crippen molar-refractivity contribution in [1.29, 1.82) is 0 Å². The first-order valence-corrected chi connectivity index (χ1v) is 7.79. The van der Waals surface area contributed by atoms with Gasteiger partial charge in [-0.1, -0.05) is 6.92 Å². The Hall–Kier alpha value is -2.08. The van der Waals surface area contributed by atoms with Gasteiger partial charge < -0.3 is 9.47 Å². The molecule has 0 saturated carbocycles. The van der Waals surface area contributed by atoms with Crippen LogP contribution in [0, 0.1) is 0 Å². The molecule has 0 spiro atoms. The molecule has 0 fully saturated rings. The summed E-state index contributed by atoms with van der Waals surface area (Å²) < 4.78 is 11.3. The largest absolute Gasteiger partial charge is 0.490 e. The number of thiazole rings is 1. The molecule has 6 heteroatoms. The van der Waals surface area contributed by atoms with Crippen molar-refractivity contribution < 1.29 is 9.47 Å². The summed E-state index contributed by atoms with van der Waals surface area (Å²) in [6.07, 6.45) is 4.43. The van der Waals surface area contributed by atoms with E-state index in [1.807, 2.05) is 30.5 Å². The lowest BCUT2D eigenvalue weighted by molar-refractivity contribution is 0.277. The third-order valence-corrected chi connectivity index (χ3v) is 3.21. The number of hydrogen-bond acceptors (Lipinski definition) is 6. The number of nitrogens with zero attached hydrogens (tertiary/aromatic N) is 2. The van der Waals surface area contributed by atoms with E-state index < -0.39 is 0 Å². The van der Waals surface area contributed by atoms with Gasteiger partial charge in [-0.25, -0.2) is 4.98 Å².